The van der Waals surface area contributed by atoms with Crippen LogP contribution in [0.15, 0.2) is 12.5 Å². The fourth-order valence-corrected chi connectivity index (χ4v) is 3.04. The first-order valence-corrected chi connectivity index (χ1v) is 10.9. The molecule has 0 saturated carbocycles. The van der Waals surface area contributed by atoms with Crippen molar-refractivity contribution >= 4 is 41.5 Å². The van der Waals surface area contributed by atoms with Crippen molar-refractivity contribution in [2.24, 2.45) is 17.2 Å². The zero-order chi connectivity index (χ0) is 28.1. The molecule has 1 heterocycles. The van der Waals surface area contributed by atoms with Gasteiger partial charge in [-0.25, -0.2) is 9.78 Å². The molecule has 204 valence electrons. The molecular formula is C20H30N8O9. The molecule has 4 unspecified atom stereocenters. The van der Waals surface area contributed by atoms with E-state index in [2.05, 4.69) is 20.6 Å². The van der Waals surface area contributed by atoms with Crippen LogP contribution in [0.25, 0.3) is 0 Å². The summed E-state index contributed by atoms with van der Waals surface area (Å²) in [6.07, 6.45) is 0.432. The molecule has 17 heteroatoms. The van der Waals surface area contributed by atoms with Crippen molar-refractivity contribution in [3.63, 3.8) is 0 Å². The van der Waals surface area contributed by atoms with Gasteiger partial charge in [0.2, 0.25) is 29.5 Å². The van der Waals surface area contributed by atoms with Crippen LogP contribution < -0.4 is 33.2 Å². The van der Waals surface area contributed by atoms with Crippen molar-refractivity contribution in [3.05, 3.63) is 18.2 Å². The van der Waals surface area contributed by atoms with Gasteiger partial charge in [-0.3, -0.25) is 28.8 Å². The molecule has 12 N–H and O–H groups in total. The Morgan fingerprint density at radius 2 is 1.41 bits per heavy atom. The van der Waals surface area contributed by atoms with Crippen LogP contribution in [-0.4, -0.2) is 85.8 Å². The van der Waals surface area contributed by atoms with Crippen LogP contribution in [0.4, 0.5) is 0 Å². The van der Waals surface area contributed by atoms with Gasteiger partial charge in [-0.05, 0) is 12.8 Å². The molecule has 0 aliphatic rings. The number of aromatic nitrogens is 2. The smallest absolute Gasteiger partial charge is 0.326 e. The summed E-state index contributed by atoms with van der Waals surface area (Å²) in [7, 11) is 0. The Kier molecular flexibility index (Phi) is 12.2. The maximum Gasteiger partial charge on any atom is 0.326 e. The van der Waals surface area contributed by atoms with Gasteiger partial charge in [-0.15, -0.1) is 0 Å². The van der Waals surface area contributed by atoms with Crippen molar-refractivity contribution in [3.8, 4) is 0 Å². The number of aromatic amines is 1. The van der Waals surface area contributed by atoms with Gasteiger partial charge in [0.25, 0.3) is 0 Å². The molecule has 1 aromatic rings. The van der Waals surface area contributed by atoms with Gasteiger partial charge in [0, 0.05) is 31.2 Å². The highest BCUT2D eigenvalue weighted by Gasteiger charge is 2.31. The minimum atomic E-state index is -1.68. The molecule has 0 spiro atoms. The fourth-order valence-electron chi connectivity index (χ4n) is 3.04. The lowest BCUT2D eigenvalue weighted by Crippen LogP contribution is -2.58. The molecule has 1 aromatic heterocycles. The van der Waals surface area contributed by atoms with E-state index in [0.717, 1.165) is 0 Å². The zero-order valence-corrected chi connectivity index (χ0v) is 19.6. The molecule has 0 aliphatic carbocycles. The normalized spacial score (nSPS) is 13.9. The number of imidazole rings is 1. The minimum absolute atomic E-state index is 0.0373. The average molecular weight is 527 g/mol. The molecule has 0 bridgehead atoms. The van der Waals surface area contributed by atoms with Crippen molar-refractivity contribution < 1.29 is 43.8 Å². The number of nitrogens with two attached hydrogens (primary N) is 3. The number of carbonyl (C=O) groups is 7. The van der Waals surface area contributed by atoms with E-state index in [1.807, 2.05) is 5.32 Å². The Balaban J connectivity index is 2.98. The summed E-state index contributed by atoms with van der Waals surface area (Å²) in [6.45, 7) is 0. The van der Waals surface area contributed by atoms with E-state index in [1.54, 1.807) is 0 Å². The first kappa shape index (κ1) is 30.5. The van der Waals surface area contributed by atoms with Gasteiger partial charge in [0.1, 0.15) is 18.1 Å². The molecule has 0 radical (unpaired) electrons. The summed E-state index contributed by atoms with van der Waals surface area (Å²) in [6, 6.07) is -5.86. The predicted octanol–water partition coefficient (Wildman–Crippen LogP) is -4.18. The van der Waals surface area contributed by atoms with E-state index in [-0.39, 0.29) is 19.3 Å². The highest BCUT2D eigenvalue weighted by atomic mass is 16.4. The molecule has 37 heavy (non-hydrogen) atoms. The second-order valence-corrected chi connectivity index (χ2v) is 8.02. The summed E-state index contributed by atoms with van der Waals surface area (Å²) in [4.78, 5) is 89.5. The van der Waals surface area contributed by atoms with E-state index in [1.165, 1.54) is 12.5 Å². The van der Waals surface area contributed by atoms with Crippen LogP contribution in [0.2, 0.25) is 0 Å². The number of H-pyrrole nitrogens is 1. The average Bonchev–Trinajstić information content (AvgIpc) is 3.30. The van der Waals surface area contributed by atoms with Gasteiger partial charge in [-0.1, -0.05) is 0 Å². The Bertz CT molecular complexity index is 998. The summed E-state index contributed by atoms with van der Waals surface area (Å²) in [5.74, 6) is -7.60. The van der Waals surface area contributed by atoms with E-state index in [9.17, 15) is 38.7 Å². The van der Waals surface area contributed by atoms with Gasteiger partial charge in [-0.2, -0.15) is 0 Å². The van der Waals surface area contributed by atoms with Crippen LogP contribution in [0.5, 0.6) is 0 Å². The fraction of sp³-hybridized carbons (Fsp3) is 0.500. The molecule has 0 aromatic carbocycles. The van der Waals surface area contributed by atoms with Crippen LogP contribution in [0, 0.1) is 0 Å². The quantitative estimate of drug-likeness (QED) is 0.0937. The number of aliphatic carboxylic acids is 2. The number of hydrogen-bond acceptors (Lipinski definition) is 9. The second-order valence-electron chi connectivity index (χ2n) is 8.02. The number of carboxylic acid groups (broad SMARTS) is 2. The van der Waals surface area contributed by atoms with Gasteiger partial charge < -0.3 is 48.3 Å². The molecule has 5 amide bonds. The number of carbonyl (C=O) groups excluding carboxylic acids is 5. The summed E-state index contributed by atoms with van der Waals surface area (Å²) in [5.41, 5.74) is 16.7. The molecule has 0 saturated heterocycles. The van der Waals surface area contributed by atoms with Crippen LogP contribution in [0.3, 0.4) is 0 Å². The lowest BCUT2D eigenvalue weighted by atomic mass is 10.1. The summed E-state index contributed by atoms with van der Waals surface area (Å²) < 4.78 is 0. The number of amides is 5. The van der Waals surface area contributed by atoms with Crippen LogP contribution in [-0.2, 0) is 40.0 Å². The molecule has 0 fully saturated rings. The Morgan fingerprint density at radius 1 is 0.838 bits per heavy atom. The maximum atomic E-state index is 12.9. The number of nitrogens with one attached hydrogen (secondary N) is 4. The lowest BCUT2D eigenvalue weighted by Gasteiger charge is -2.24. The van der Waals surface area contributed by atoms with E-state index >= 15 is 0 Å². The SMILES string of the molecule is NC(=O)CCC(NC(=O)C(N)Cc1cnc[nH]1)C(=O)NC(CC(N)=O)C(=O)NC(CCC(=O)O)C(=O)O. The number of nitrogens with zero attached hydrogens (tertiary/aromatic N) is 1. The topological polar surface area (TPSA) is 303 Å². The van der Waals surface area contributed by atoms with Crippen molar-refractivity contribution in [2.45, 2.75) is 62.7 Å². The summed E-state index contributed by atoms with van der Waals surface area (Å²) in [5, 5.41) is 24.6. The maximum absolute atomic E-state index is 12.9. The van der Waals surface area contributed by atoms with E-state index < -0.39 is 84.9 Å². The van der Waals surface area contributed by atoms with Gasteiger partial charge >= 0.3 is 11.9 Å². The number of primary amides is 2. The van der Waals surface area contributed by atoms with Gasteiger partial charge in [0.15, 0.2) is 0 Å². The molecule has 17 nitrogen and oxygen atoms in total. The first-order valence-electron chi connectivity index (χ1n) is 10.9. The minimum Gasteiger partial charge on any atom is -0.481 e. The highest BCUT2D eigenvalue weighted by Crippen LogP contribution is 2.05. The van der Waals surface area contributed by atoms with Crippen LogP contribution >= 0.6 is 0 Å². The van der Waals surface area contributed by atoms with Gasteiger partial charge in [0.05, 0.1) is 18.8 Å². The number of hydrogen-bond donors (Lipinski definition) is 9. The second kappa shape index (κ2) is 14.8. The van der Waals surface area contributed by atoms with Crippen molar-refractivity contribution in [1.29, 1.82) is 0 Å². The Morgan fingerprint density at radius 3 is 1.92 bits per heavy atom. The van der Waals surface area contributed by atoms with E-state index in [4.69, 9.17) is 22.3 Å². The standard InChI is InChI=1S/C20H30N8O9/c21-10(5-9-7-24-8-25-9)17(33)26-11(1-3-14(22)29)18(34)28-13(6-15(23)30)19(35)27-12(20(36)37)2-4-16(31)32/h7-8,10-13H,1-6,21H2,(H2,22,29)(H2,23,30)(H,24,25)(H,26,33)(H,27,35)(H,28,34)(H,31,32)(H,36,37). The van der Waals surface area contributed by atoms with Crippen LogP contribution in [0.1, 0.15) is 37.8 Å². The zero-order valence-electron chi connectivity index (χ0n) is 19.6. The van der Waals surface area contributed by atoms with E-state index in [0.29, 0.717) is 5.69 Å². The van der Waals surface area contributed by atoms with Crippen molar-refractivity contribution in [1.82, 2.24) is 25.9 Å². The third kappa shape index (κ3) is 11.6. The monoisotopic (exact) mass is 526 g/mol. The molecular weight excluding hydrogens is 496 g/mol. The third-order valence-corrected chi connectivity index (χ3v) is 4.94. The lowest BCUT2D eigenvalue weighted by molar-refractivity contribution is -0.143. The summed E-state index contributed by atoms with van der Waals surface area (Å²) >= 11 is 0. The molecule has 0 aliphatic heterocycles. The number of rotatable bonds is 17. The predicted molar refractivity (Wildman–Crippen MR) is 123 cm³/mol. The molecule has 1 rings (SSSR count). The number of carboxylic acids is 2. The highest BCUT2D eigenvalue weighted by molar-refractivity contribution is 5.96. The largest absolute Gasteiger partial charge is 0.481 e. The first-order chi connectivity index (χ1) is 17.3. The Hall–Kier alpha value is -4.54. The Labute approximate surface area is 209 Å². The van der Waals surface area contributed by atoms with Crippen molar-refractivity contribution in [2.75, 3.05) is 0 Å². The molecule has 4 atom stereocenters. The third-order valence-electron chi connectivity index (χ3n) is 4.94.